The zero-order valence-corrected chi connectivity index (χ0v) is 10.1. The second-order valence-electron chi connectivity index (χ2n) is 5.04. The van der Waals surface area contributed by atoms with Crippen LogP contribution in [0.5, 0.6) is 0 Å². The number of nitrogens with one attached hydrogen (secondary N) is 1. The minimum Gasteiger partial charge on any atom is -0.390 e. The second kappa shape index (κ2) is 4.63. The molecule has 0 radical (unpaired) electrons. The fraction of sp³-hybridized carbons (Fsp3) is 0.900. The van der Waals surface area contributed by atoms with E-state index in [0.717, 1.165) is 0 Å². The Hall–Kier alpha value is -0.750. The molecule has 6 heteroatoms. The van der Waals surface area contributed by atoms with Gasteiger partial charge in [0.15, 0.2) is 0 Å². The normalized spacial score (nSPS) is 13.8. The van der Waals surface area contributed by atoms with Gasteiger partial charge in [-0.25, -0.2) is 8.78 Å². The first-order valence-corrected chi connectivity index (χ1v) is 5.00. The molecule has 0 atom stereocenters. The third-order valence-corrected chi connectivity index (χ3v) is 2.92. The zero-order valence-electron chi connectivity index (χ0n) is 10.1. The molecular weight excluding hydrogens is 218 g/mol. The van der Waals surface area contributed by atoms with Crippen LogP contribution in [-0.4, -0.2) is 35.6 Å². The van der Waals surface area contributed by atoms with Gasteiger partial charge in [0.2, 0.25) is 5.91 Å². The third-order valence-electron chi connectivity index (χ3n) is 2.92. The molecule has 0 saturated heterocycles. The first-order chi connectivity index (χ1) is 6.94. The van der Waals surface area contributed by atoms with Crippen LogP contribution in [-0.2, 0) is 4.79 Å². The summed E-state index contributed by atoms with van der Waals surface area (Å²) < 4.78 is 25.4. The molecule has 0 aromatic heterocycles. The number of aliphatic hydroxyl groups is 1. The van der Waals surface area contributed by atoms with Crippen molar-refractivity contribution in [1.29, 1.82) is 0 Å². The monoisotopic (exact) mass is 238 g/mol. The highest BCUT2D eigenvalue weighted by Crippen LogP contribution is 2.28. The summed E-state index contributed by atoms with van der Waals surface area (Å²) in [5.74, 6) is -3.86. The standard InChI is InChI=1S/C10H20F2N2O2/c1-8(2,9(3,4)13)7(16)14-5-10(11,12)6-15/h15H,5-6,13H2,1-4H3,(H,14,16). The number of halogens is 2. The summed E-state index contributed by atoms with van der Waals surface area (Å²) in [6.07, 6.45) is 0. The van der Waals surface area contributed by atoms with E-state index in [-0.39, 0.29) is 0 Å². The number of amides is 1. The molecule has 16 heavy (non-hydrogen) atoms. The van der Waals surface area contributed by atoms with E-state index >= 15 is 0 Å². The van der Waals surface area contributed by atoms with Gasteiger partial charge in [-0.2, -0.15) is 0 Å². The van der Waals surface area contributed by atoms with E-state index in [9.17, 15) is 13.6 Å². The number of alkyl halides is 2. The van der Waals surface area contributed by atoms with E-state index in [1.165, 1.54) is 0 Å². The average molecular weight is 238 g/mol. The molecule has 0 aromatic carbocycles. The molecule has 96 valence electrons. The van der Waals surface area contributed by atoms with Crippen molar-refractivity contribution < 1.29 is 18.7 Å². The Morgan fingerprint density at radius 1 is 1.31 bits per heavy atom. The van der Waals surface area contributed by atoms with E-state index in [4.69, 9.17) is 10.8 Å². The Balaban J connectivity index is 4.50. The van der Waals surface area contributed by atoms with Crippen molar-refractivity contribution in [3.05, 3.63) is 0 Å². The molecule has 4 nitrogen and oxygen atoms in total. The van der Waals surface area contributed by atoms with Crippen molar-refractivity contribution in [3.63, 3.8) is 0 Å². The quantitative estimate of drug-likeness (QED) is 0.652. The Bertz CT molecular complexity index is 260. The number of hydrogen-bond donors (Lipinski definition) is 3. The predicted molar refractivity (Wildman–Crippen MR) is 57.1 cm³/mol. The van der Waals surface area contributed by atoms with Crippen LogP contribution in [0, 0.1) is 5.41 Å². The van der Waals surface area contributed by atoms with Gasteiger partial charge in [-0.05, 0) is 27.7 Å². The minimum absolute atomic E-state index is 0.562. The van der Waals surface area contributed by atoms with Crippen LogP contribution in [0.15, 0.2) is 0 Å². The van der Waals surface area contributed by atoms with Gasteiger partial charge >= 0.3 is 0 Å². The van der Waals surface area contributed by atoms with Gasteiger partial charge in [0.05, 0.1) is 12.0 Å². The molecule has 0 spiro atoms. The molecule has 0 fully saturated rings. The van der Waals surface area contributed by atoms with Gasteiger partial charge in [0.25, 0.3) is 5.92 Å². The summed E-state index contributed by atoms with van der Waals surface area (Å²) >= 11 is 0. The SMILES string of the molecule is CC(C)(N)C(C)(C)C(=O)NCC(F)(F)CO. The summed E-state index contributed by atoms with van der Waals surface area (Å²) in [7, 11) is 0. The largest absolute Gasteiger partial charge is 0.390 e. The van der Waals surface area contributed by atoms with Crippen molar-refractivity contribution in [2.45, 2.75) is 39.2 Å². The third kappa shape index (κ3) is 3.68. The van der Waals surface area contributed by atoms with E-state index in [1.807, 2.05) is 0 Å². The van der Waals surface area contributed by atoms with Crippen LogP contribution >= 0.6 is 0 Å². The van der Waals surface area contributed by atoms with Crippen LogP contribution in [0.25, 0.3) is 0 Å². The van der Waals surface area contributed by atoms with Crippen molar-refractivity contribution in [3.8, 4) is 0 Å². The Morgan fingerprint density at radius 3 is 2.06 bits per heavy atom. The van der Waals surface area contributed by atoms with Crippen molar-refractivity contribution in [2.75, 3.05) is 13.2 Å². The van der Waals surface area contributed by atoms with Crippen LogP contribution in [0.3, 0.4) is 0 Å². The Labute approximate surface area is 94.2 Å². The van der Waals surface area contributed by atoms with Crippen molar-refractivity contribution in [1.82, 2.24) is 5.32 Å². The van der Waals surface area contributed by atoms with E-state index < -0.39 is 35.9 Å². The van der Waals surface area contributed by atoms with E-state index in [2.05, 4.69) is 5.32 Å². The molecule has 0 heterocycles. The molecule has 0 rings (SSSR count). The maximum atomic E-state index is 12.7. The predicted octanol–water partition coefficient (Wildman–Crippen LogP) is 0.494. The van der Waals surface area contributed by atoms with Gasteiger partial charge in [0.1, 0.15) is 6.61 Å². The number of aliphatic hydroxyl groups excluding tert-OH is 1. The highest BCUT2D eigenvalue weighted by Gasteiger charge is 2.41. The number of carbonyl (C=O) groups excluding carboxylic acids is 1. The lowest BCUT2D eigenvalue weighted by atomic mass is 9.74. The summed E-state index contributed by atoms with van der Waals surface area (Å²) in [4.78, 5) is 11.7. The molecule has 0 unspecified atom stereocenters. The maximum Gasteiger partial charge on any atom is 0.287 e. The molecule has 0 aliphatic carbocycles. The molecule has 0 bridgehead atoms. The number of carbonyl (C=O) groups is 1. The highest BCUT2D eigenvalue weighted by atomic mass is 19.3. The lowest BCUT2D eigenvalue weighted by Crippen LogP contribution is -2.56. The van der Waals surface area contributed by atoms with Crippen molar-refractivity contribution >= 4 is 5.91 Å². The van der Waals surface area contributed by atoms with Gasteiger partial charge in [0, 0.05) is 5.54 Å². The highest BCUT2D eigenvalue weighted by molar-refractivity contribution is 5.83. The number of nitrogens with two attached hydrogens (primary N) is 1. The van der Waals surface area contributed by atoms with Crippen LogP contribution in [0.1, 0.15) is 27.7 Å². The molecule has 1 amide bonds. The Morgan fingerprint density at radius 2 is 1.75 bits per heavy atom. The lowest BCUT2D eigenvalue weighted by molar-refractivity contribution is -0.135. The van der Waals surface area contributed by atoms with Gasteiger partial charge < -0.3 is 16.2 Å². The fourth-order valence-corrected chi connectivity index (χ4v) is 0.779. The lowest BCUT2D eigenvalue weighted by Gasteiger charge is -2.37. The van der Waals surface area contributed by atoms with Gasteiger partial charge in [-0.1, -0.05) is 0 Å². The van der Waals surface area contributed by atoms with Crippen LogP contribution in [0.2, 0.25) is 0 Å². The number of hydrogen-bond acceptors (Lipinski definition) is 3. The summed E-state index contributed by atoms with van der Waals surface area (Å²) in [6.45, 7) is 4.29. The van der Waals surface area contributed by atoms with E-state index in [0.29, 0.717) is 0 Å². The first-order valence-electron chi connectivity index (χ1n) is 5.00. The van der Waals surface area contributed by atoms with Crippen molar-refractivity contribution in [2.24, 2.45) is 11.1 Å². The van der Waals surface area contributed by atoms with E-state index in [1.54, 1.807) is 27.7 Å². The summed E-state index contributed by atoms with van der Waals surface area (Å²) in [6, 6.07) is 0. The summed E-state index contributed by atoms with van der Waals surface area (Å²) in [5.41, 5.74) is 3.99. The second-order valence-corrected chi connectivity index (χ2v) is 5.04. The number of rotatable bonds is 5. The molecule has 0 aliphatic rings. The molecular formula is C10H20F2N2O2. The van der Waals surface area contributed by atoms with Gasteiger partial charge in [-0.15, -0.1) is 0 Å². The Kier molecular flexibility index (Phi) is 4.41. The fourth-order valence-electron chi connectivity index (χ4n) is 0.779. The maximum absolute atomic E-state index is 12.7. The zero-order chi connectivity index (χ0) is 13.2. The molecule has 0 saturated carbocycles. The van der Waals surface area contributed by atoms with Crippen LogP contribution in [0.4, 0.5) is 8.78 Å². The smallest absolute Gasteiger partial charge is 0.287 e. The average Bonchev–Trinajstić information content (AvgIpc) is 2.12. The minimum atomic E-state index is -3.30. The van der Waals surface area contributed by atoms with Crippen LogP contribution < -0.4 is 11.1 Å². The molecule has 0 aromatic rings. The first kappa shape index (κ1) is 15.2. The summed E-state index contributed by atoms with van der Waals surface area (Å²) in [5, 5.41) is 10.4. The topological polar surface area (TPSA) is 75.4 Å². The molecule has 0 aliphatic heterocycles. The molecule has 4 N–H and O–H groups in total. The van der Waals surface area contributed by atoms with Gasteiger partial charge in [-0.3, -0.25) is 4.79 Å².